The molecule has 2 aromatic carbocycles. The highest BCUT2D eigenvalue weighted by Gasteiger charge is 2.55. The molecule has 6 rings (SSSR count). The van der Waals surface area contributed by atoms with Crippen molar-refractivity contribution in [2.24, 2.45) is 5.92 Å². The first-order valence-corrected chi connectivity index (χ1v) is 15.0. The molecule has 2 aromatic rings. The molecule has 39 heavy (non-hydrogen) atoms. The summed E-state index contributed by atoms with van der Waals surface area (Å²) in [6.07, 6.45) is 8.90. The first kappa shape index (κ1) is 26.8. The minimum Gasteiger partial charge on any atom is -0.375 e. The van der Waals surface area contributed by atoms with Gasteiger partial charge in [0.25, 0.3) is 0 Å². The molecule has 1 spiro atoms. The molecule has 2 aliphatic carbocycles. The zero-order valence-electron chi connectivity index (χ0n) is 23.8. The largest absolute Gasteiger partial charge is 0.375 e. The minimum atomic E-state index is -0.287. The third kappa shape index (κ3) is 5.12. The van der Waals surface area contributed by atoms with Crippen LogP contribution in [0.5, 0.6) is 0 Å². The molecule has 0 atom stereocenters. The summed E-state index contributed by atoms with van der Waals surface area (Å²) in [4.78, 5) is 20.9. The van der Waals surface area contributed by atoms with Crippen LogP contribution in [-0.4, -0.2) is 78.8 Å². The predicted octanol–water partition coefficient (Wildman–Crippen LogP) is 5.67. The van der Waals surface area contributed by atoms with E-state index in [0.29, 0.717) is 25.7 Å². The van der Waals surface area contributed by atoms with Crippen molar-refractivity contribution in [2.45, 2.75) is 74.7 Å². The first-order chi connectivity index (χ1) is 18.9. The van der Waals surface area contributed by atoms with Gasteiger partial charge in [0.05, 0.1) is 25.4 Å². The van der Waals surface area contributed by atoms with Crippen LogP contribution in [0.15, 0.2) is 60.7 Å². The highest BCUT2D eigenvalue weighted by molar-refractivity contribution is 5.78. The molecule has 6 nitrogen and oxygen atoms in total. The number of hydrogen-bond donors (Lipinski definition) is 0. The van der Waals surface area contributed by atoms with E-state index in [2.05, 4.69) is 83.4 Å². The van der Waals surface area contributed by atoms with Gasteiger partial charge in [0.15, 0.2) is 0 Å². The summed E-state index contributed by atoms with van der Waals surface area (Å²) in [5, 5.41) is 0. The van der Waals surface area contributed by atoms with Gasteiger partial charge in [0, 0.05) is 25.2 Å². The van der Waals surface area contributed by atoms with Gasteiger partial charge in [-0.15, -0.1) is 0 Å². The molecule has 0 aromatic heterocycles. The van der Waals surface area contributed by atoms with Gasteiger partial charge in [-0.2, -0.15) is 0 Å². The Morgan fingerprint density at radius 3 is 2.18 bits per heavy atom. The van der Waals surface area contributed by atoms with Gasteiger partial charge in [0.1, 0.15) is 5.60 Å². The summed E-state index contributed by atoms with van der Waals surface area (Å²) >= 11 is 0. The van der Waals surface area contributed by atoms with Crippen LogP contribution < -0.4 is 0 Å². The molecule has 0 N–H and O–H groups in total. The van der Waals surface area contributed by atoms with Crippen LogP contribution in [0, 0.1) is 5.92 Å². The van der Waals surface area contributed by atoms with Crippen molar-refractivity contribution < 1.29 is 14.3 Å². The Kier molecular flexibility index (Phi) is 7.47. The Balaban J connectivity index is 1.16. The maximum Gasteiger partial charge on any atom is 0.320 e. The van der Waals surface area contributed by atoms with Gasteiger partial charge in [-0.25, -0.2) is 4.79 Å². The van der Waals surface area contributed by atoms with Crippen LogP contribution in [0.1, 0.15) is 62.5 Å². The second-order valence-corrected chi connectivity index (χ2v) is 12.8. The van der Waals surface area contributed by atoms with Crippen LogP contribution in [0.25, 0.3) is 0 Å². The summed E-state index contributed by atoms with van der Waals surface area (Å²) in [7, 11) is 4.44. The molecule has 2 amide bonds. The smallest absolute Gasteiger partial charge is 0.320 e. The second kappa shape index (κ2) is 10.9. The summed E-state index contributed by atoms with van der Waals surface area (Å²) in [5.74, 6) is 0.668. The second-order valence-electron chi connectivity index (χ2n) is 12.8. The van der Waals surface area contributed by atoms with Crippen molar-refractivity contribution in [3.8, 4) is 0 Å². The number of hydrogen-bond acceptors (Lipinski definition) is 4. The molecular weight excluding hydrogens is 486 g/mol. The number of nitrogens with zero attached hydrogens (tertiary/aromatic N) is 3. The Morgan fingerprint density at radius 2 is 1.62 bits per heavy atom. The van der Waals surface area contributed by atoms with E-state index in [1.165, 1.54) is 30.4 Å². The summed E-state index contributed by atoms with van der Waals surface area (Å²) in [6.45, 7) is 4.31. The molecule has 4 fully saturated rings. The number of rotatable bonds is 10. The number of benzene rings is 2. The highest BCUT2D eigenvalue weighted by Crippen LogP contribution is 2.49. The molecule has 0 radical (unpaired) electrons. The fourth-order valence-electron chi connectivity index (χ4n) is 7.34. The van der Waals surface area contributed by atoms with Gasteiger partial charge in [-0.3, -0.25) is 4.90 Å². The van der Waals surface area contributed by atoms with Gasteiger partial charge >= 0.3 is 6.03 Å². The summed E-state index contributed by atoms with van der Waals surface area (Å²) in [5.41, 5.74) is 2.26. The van der Waals surface area contributed by atoms with Crippen molar-refractivity contribution in [2.75, 3.05) is 46.9 Å². The van der Waals surface area contributed by atoms with Gasteiger partial charge in [-0.1, -0.05) is 67.1 Å². The number of carbonyl (C=O) groups is 1. The fraction of sp³-hybridized carbons (Fsp3) is 0.606. The van der Waals surface area contributed by atoms with Crippen molar-refractivity contribution in [1.82, 2.24) is 14.7 Å². The van der Waals surface area contributed by atoms with Crippen LogP contribution in [-0.2, 0) is 21.6 Å². The lowest BCUT2D eigenvalue weighted by Crippen LogP contribution is -2.56. The molecule has 2 saturated heterocycles. The lowest BCUT2D eigenvalue weighted by atomic mass is 9.68. The van der Waals surface area contributed by atoms with E-state index in [9.17, 15) is 4.79 Å². The molecule has 210 valence electrons. The Hall–Kier alpha value is -2.41. The number of ether oxygens (including phenoxy) is 2. The lowest BCUT2D eigenvalue weighted by molar-refractivity contribution is -0.219. The van der Waals surface area contributed by atoms with E-state index < -0.39 is 0 Å². The van der Waals surface area contributed by atoms with Crippen molar-refractivity contribution >= 4 is 6.03 Å². The molecule has 2 saturated carbocycles. The average Bonchev–Trinajstić information content (AvgIpc) is 3.17. The molecule has 6 heteroatoms. The minimum absolute atomic E-state index is 0.0315. The van der Waals surface area contributed by atoms with Gasteiger partial charge < -0.3 is 19.3 Å². The zero-order chi connectivity index (χ0) is 26.9. The highest BCUT2D eigenvalue weighted by atomic mass is 16.6. The number of carbonyl (C=O) groups excluding carboxylic acids is 1. The SMILES string of the molecule is CN(C)C1(c2ccccc2)CCC2(CC1)CN(CCC1(OCc3ccccc3)COC1)C(=O)N2CC1CCC1. The standard InChI is InChI=1S/C33H45N3O3/c1-34(2)33(29-14-7-4-8-15-29)18-16-31(17-19-33)24-35(30(37)36(31)22-27-12-9-13-27)21-20-32(25-38-26-32)39-23-28-10-5-3-6-11-28/h3-8,10-11,14-15,27H,9,12-13,16-26H2,1-2H3. The molecular formula is C33H45N3O3. The van der Waals surface area contributed by atoms with E-state index >= 15 is 0 Å². The van der Waals surface area contributed by atoms with E-state index in [4.69, 9.17) is 9.47 Å². The van der Waals surface area contributed by atoms with Crippen LogP contribution in [0.4, 0.5) is 4.79 Å². The van der Waals surface area contributed by atoms with E-state index in [1.54, 1.807) is 0 Å². The maximum atomic E-state index is 14.0. The third-order valence-corrected chi connectivity index (χ3v) is 10.4. The molecule has 0 unspecified atom stereocenters. The van der Waals surface area contributed by atoms with E-state index in [-0.39, 0.29) is 22.7 Å². The topological polar surface area (TPSA) is 45.3 Å². The normalized spacial score (nSPS) is 28.6. The van der Waals surface area contributed by atoms with E-state index in [1.807, 2.05) is 6.07 Å². The van der Waals surface area contributed by atoms with Crippen LogP contribution >= 0.6 is 0 Å². The van der Waals surface area contributed by atoms with Gasteiger partial charge in [0.2, 0.25) is 0 Å². The Labute approximate surface area is 234 Å². The lowest BCUT2D eigenvalue weighted by Gasteiger charge is -2.51. The van der Waals surface area contributed by atoms with E-state index in [0.717, 1.165) is 51.7 Å². The monoisotopic (exact) mass is 531 g/mol. The Morgan fingerprint density at radius 1 is 0.949 bits per heavy atom. The maximum absolute atomic E-state index is 14.0. The van der Waals surface area contributed by atoms with Gasteiger partial charge in [-0.05, 0) is 76.1 Å². The Bertz CT molecular complexity index is 1110. The van der Waals surface area contributed by atoms with Crippen molar-refractivity contribution in [1.29, 1.82) is 0 Å². The van der Waals surface area contributed by atoms with Crippen molar-refractivity contribution in [3.63, 3.8) is 0 Å². The molecule has 0 bridgehead atoms. The first-order valence-electron chi connectivity index (χ1n) is 15.0. The zero-order valence-corrected chi connectivity index (χ0v) is 23.8. The average molecular weight is 532 g/mol. The summed E-state index contributed by atoms with van der Waals surface area (Å²) in [6, 6.07) is 21.6. The number of urea groups is 1. The molecule has 2 heterocycles. The van der Waals surface area contributed by atoms with Crippen molar-refractivity contribution in [3.05, 3.63) is 71.8 Å². The summed E-state index contributed by atoms with van der Waals surface area (Å²) < 4.78 is 12.0. The predicted molar refractivity (Wildman–Crippen MR) is 153 cm³/mol. The quantitative estimate of drug-likeness (QED) is 0.396. The fourth-order valence-corrected chi connectivity index (χ4v) is 7.34. The van der Waals surface area contributed by atoms with Crippen LogP contribution in [0.3, 0.4) is 0 Å². The number of amides is 2. The molecule has 2 aliphatic heterocycles. The van der Waals surface area contributed by atoms with Crippen LogP contribution in [0.2, 0.25) is 0 Å². The third-order valence-electron chi connectivity index (χ3n) is 10.4. The molecule has 4 aliphatic rings.